The number of hydrogen-bond donors (Lipinski definition) is 1. The molecule has 1 atom stereocenters. The largest absolute Gasteiger partial charge is 0.465 e. The van der Waals surface area contributed by atoms with Gasteiger partial charge in [-0.3, -0.25) is 0 Å². The SMILES string of the molecule is COC(=O)C1=C(C(=O)OC)N(c2ccc(CC3COC(=O)N3)cc2)C=CC=C1. The molecule has 2 aliphatic heterocycles. The molecule has 1 aromatic rings. The molecule has 0 aromatic heterocycles. The number of cyclic esters (lactones) is 1. The van der Waals surface area contributed by atoms with Gasteiger partial charge in [0.2, 0.25) is 0 Å². The van der Waals surface area contributed by atoms with E-state index in [1.165, 1.54) is 20.3 Å². The Morgan fingerprint density at radius 1 is 1.14 bits per heavy atom. The zero-order chi connectivity index (χ0) is 20.1. The Balaban J connectivity index is 1.90. The number of benzene rings is 1. The van der Waals surface area contributed by atoms with E-state index in [1.54, 1.807) is 23.3 Å². The van der Waals surface area contributed by atoms with E-state index in [1.807, 2.05) is 24.3 Å². The third-order valence-electron chi connectivity index (χ3n) is 4.32. The molecule has 8 heteroatoms. The van der Waals surface area contributed by atoms with Crippen LogP contribution in [0.15, 0.2) is 60.0 Å². The summed E-state index contributed by atoms with van der Waals surface area (Å²) in [4.78, 5) is 37.3. The first-order chi connectivity index (χ1) is 13.5. The van der Waals surface area contributed by atoms with E-state index >= 15 is 0 Å². The average molecular weight is 384 g/mol. The van der Waals surface area contributed by atoms with Gasteiger partial charge in [0.1, 0.15) is 12.3 Å². The van der Waals surface area contributed by atoms with Crippen LogP contribution in [0.25, 0.3) is 0 Å². The molecule has 1 N–H and O–H groups in total. The molecule has 146 valence electrons. The van der Waals surface area contributed by atoms with E-state index in [4.69, 9.17) is 14.2 Å². The summed E-state index contributed by atoms with van der Waals surface area (Å²) in [6.45, 7) is 0.332. The number of esters is 2. The summed E-state index contributed by atoms with van der Waals surface area (Å²) in [5.74, 6) is -1.30. The van der Waals surface area contributed by atoms with Gasteiger partial charge in [0.05, 0.1) is 25.8 Å². The van der Waals surface area contributed by atoms with Crippen LogP contribution in [0.5, 0.6) is 0 Å². The van der Waals surface area contributed by atoms with Gasteiger partial charge in [0.25, 0.3) is 0 Å². The van der Waals surface area contributed by atoms with Crippen molar-refractivity contribution in [2.75, 3.05) is 25.7 Å². The zero-order valence-electron chi connectivity index (χ0n) is 15.5. The number of nitrogens with zero attached hydrogens (tertiary/aromatic N) is 1. The molecule has 1 unspecified atom stereocenters. The van der Waals surface area contributed by atoms with E-state index in [9.17, 15) is 14.4 Å². The third-order valence-corrected chi connectivity index (χ3v) is 4.32. The highest BCUT2D eigenvalue weighted by molar-refractivity contribution is 6.05. The van der Waals surface area contributed by atoms with Gasteiger partial charge in [-0.15, -0.1) is 0 Å². The highest BCUT2D eigenvalue weighted by Gasteiger charge is 2.27. The van der Waals surface area contributed by atoms with Crippen molar-refractivity contribution >= 4 is 23.7 Å². The number of ether oxygens (including phenoxy) is 3. The summed E-state index contributed by atoms with van der Waals surface area (Å²) in [6.07, 6.45) is 6.73. The first kappa shape index (κ1) is 19.2. The number of alkyl carbamates (subject to hydrolysis) is 1. The van der Waals surface area contributed by atoms with Gasteiger partial charge in [0.15, 0.2) is 0 Å². The van der Waals surface area contributed by atoms with Crippen LogP contribution in [0.3, 0.4) is 0 Å². The summed E-state index contributed by atoms with van der Waals surface area (Å²) in [6, 6.07) is 7.34. The van der Waals surface area contributed by atoms with E-state index in [-0.39, 0.29) is 17.3 Å². The molecule has 28 heavy (non-hydrogen) atoms. The molecular weight excluding hydrogens is 364 g/mol. The normalized spacial score (nSPS) is 18.4. The first-order valence-electron chi connectivity index (χ1n) is 8.60. The Bertz CT molecular complexity index is 869. The van der Waals surface area contributed by atoms with Crippen molar-refractivity contribution in [2.24, 2.45) is 0 Å². The summed E-state index contributed by atoms with van der Waals surface area (Å²) < 4.78 is 14.6. The summed E-state index contributed by atoms with van der Waals surface area (Å²) in [5, 5.41) is 2.73. The van der Waals surface area contributed by atoms with Crippen molar-refractivity contribution in [3.8, 4) is 0 Å². The minimum atomic E-state index is -0.661. The second kappa shape index (κ2) is 8.43. The van der Waals surface area contributed by atoms with E-state index < -0.39 is 18.0 Å². The fourth-order valence-corrected chi connectivity index (χ4v) is 2.98. The van der Waals surface area contributed by atoms with Crippen LogP contribution < -0.4 is 10.2 Å². The topological polar surface area (TPSA) is 94.2 Å². The maximum atomic E-state index is 12.4. The van der Waals surface area contributed by atoms with Crippen molar-refractivity contribution in [1.29, 1.82) is 0 Å². The quantitative estimate of drug-likeness (QED) is 0.611. The van der Waals surface area contributed by atoms with Gasteiger partial charge >= 0.3 is 18.0 Å². The van der Waals surface area contributed by atoms with Gasteiger partial charge < -0.3 is 24.4 Å². The minimum absolute atomic E-state index is 0.0588. The van der Waals surface area contributed by atoms with Gasteiger partial charge in [-0.2, -0.15) is 0 Å². The number of methoxy groups -OCH3 is 2. The number of allylic oxidation sites excluding steroid dienone is 2. The van der Waals surface area contributed by atoms with Crippen LogP contribution in [-0.2, 0) is 30.2 Å². The van der Waals surface area contributed by atoms with Crippen molar-refractivity contribution in [2.45, 2.75) is 12.5 Å². The van der Waals surface area contributed by atoms with Crippen molar-refractivity contribution in [3.63, 3.8) is 0 Å². The number of nitrogens with one attached hydrogen (secondary N) is 1. The summed E-state index contributed by atoms with van der Waals surface area (Å²) in [5.41, 5.74) is 1.81. The first-order valence-corrected chi connectivity index (χ1v) is 8.60. The molecule has 1 amide bonds. The fraction of sp³-hybridized carbons (Fsp3) is 0.250. The number of carbonyl (C=O) groups is 3. The van der Waals surface area contributed by atoms with Crippen molar-refractivity contribution in [1.82, 2.24) is 5.32 Å². The van der Waals surface area contributed by atoms with Gasteiger partial charge in [-0.05, 0) is 36.3 Å². The molecular formula is C20H20N2O6. The number of anilines is 1. The van der Waals surface area contributed by atoms with E-state index in [2.05, 4.69) is 5.32 Å². The number of hydrogen-bond acceptors (Lipinski definition) is 7. The van der Waals surface area contributed by atoms with Crippen molar-refractivity contribution in [3.05, 3.63) is 65.5 Å². The Kier molecular flexibility index (Phi) is 5.78. The van der Waals surface area contributed by atoms with Gasteiger partial charge in [-0.1, -0.05) is 18.2 Å². The number of amides is 1. The molecule has 1 fully saturated rings. The van der Waals surface area contributed by atoms with Crippen molar-refractivity contribution < 1.29 is 28.6 Å². The Morgan fingerprint density at radius 2 is 1.86 bits per heavy atom. The van der Waals surface area contributed by atoms with Crippen LogP contribution in [0.4, 0.5) is 10.5 Å². The molecule has 0 radical (unpaired) electrons. The Morgan fingerprint density at radius 3 is 2.46 bits per heavy atom. The smallest absolute Gasteiger partial charge is 0.407 e. The number of carbonyl (C=O) groups excluding carboxylic acids is 3. The lowest BCUT2D eigenvalue weighted by Gasteiger charge is -2.23. The minimum Gasteiger partial charge on any atom is -0.465 e. The second-order valence-corrected chi connectivity index (χ2v) is 6.13. The molecule has 0 aliphatic carbocycles. The zero-order valence-corrected chi connectivity index (χ0v) is 15.5. The Hall–Kier alpha value is -3.55. The average Bonchev–Trinajstić information content (AvgIpc) is 2.99. The maximum Gasteiger partial charge on any atom is 0.407 e. The van der Waals surface area contributed by atoms with Gasteiger partial charge in [0, 0.05) is 11.9 Å². The Labute approximate surface area is 162 Å². The molecule has 1 aromatic carbocycles. The molecule has 0 bridgehead atoms. The maximum absolute atomic E-state index is 12.4. The van der Waals surface area contributed by atoms with Crippen LogP contribution >= 0.6 is 0 Å². The monoisotopic (exact) mass is 384 g/mol. The van der Waals surface area contributed by atoms with Crippen LogP contribution in [0.2, 0.25) is 0 Å². The fourth-order valence-electron chi connectivity index (χ4n) is 2.98. The number of rotatable bonds is 5. The predicted molar refractivity (Wildman–Crippen MR) is 100 cm³/mol. The lowest BCUT2D eigenvalue weighted by atomic mass is 10.1. The summed E-state index contributed by atoms with van der Waals surface area (Å²) in [7, 11) is 2.50. The second-order valence-electron chi connectivity index (χ2n) is 6.13. The molecule has 2 heterocycles. The highest BCUT2D eigenvalue weighted by atomic mass is 16.6. The van der Waals surface area contributed by atoms with E-state index in [0.29, 0.717) is 18.7 Å². The molecule has 8 nitrogen and oxygen atoms in total. The molecule has 3 rings (SSSR count). The highest BCUT2D eigenvalue weighted by Crippen LogP contribution is 2.27. The molecule has 0 saturated carbocycles. The summed E-state index contributed by atoms with van der Waals surface area (Å²) >= 11 is 0. The lowest BCUT2D eigenvalue weighted by molar-refractivity contribution is -0.139. The van der Waals surface area contributed by atoms with Gasteiger partial charge in [-0.25, -0.2) is 14.4 Å². The molecule has 1 saturated heterocycles. The molecule has 2 aliphatic rings. The van der Waals surface area contributed by atoms with Crippen LogP contribution in [0.1, 0.15) is 5.56 Å². The van der Waals surface area contributed by atoms with Crippen LogP contribution in [-0.4, -0.2) is 44.9 Å². The lowest BCUT2D eigenvalue weighted by Crippen LogP contribution is -2.28. The predicted octanol–water partition coefficient (Wildman–Crippen LogP) is 1.83. The third kappa shape index (κ3) is 4.06. The molecule has 0 spiro atoms. The van der Waals surface area contributed by atoms with E-state index in [0.717, 1.165) is 5.56 Å². The van der Waals surface area contributed by atoms with Crippen LogP contribution in [0, 0.1) is 0 Å². The standard InChI is InChI=1S/C20H20N2O6/c1-26-18(23)16-5-3-4-10-22(17(16)19(24)27-2)15-8-6-13(7-9-15)11-14-12-28-20(25)21-14/h3-10,14H,11-12H2,1-2H3,(H,21,25).